The smallest absolute Gasteiger partial charge is 0.269 e. The zero-order valence-corrected chi connectivity index (χ0v) is 16.2. The maximum absolute atomic E-state index is 12.6. The first-order valence-electron chi connectivity index (χ1n) is 9.49. The third-order valence-corrected chi connectivity index (χ3v) is 4.96. The number of ether oxygens (including phenoxy) is 1. The van der Waals surface area contributed by atoms with Gasteiger partial charge in [-0.2, -0.15) is 0 Å². The molecule has 0 saturated heterocycles. The van der Waals surface area contributed by atoms with Crippen molar-refractivity contribution in [2.24, 2.45) is 11.7 Å². The van der Waals surface area contributed by atoms with E-state index in [2.05, 4.69) is 15.6 Å². The number of rotatable bonds is 5. The minimum atomic E-state index is -0.283. The van der Waals surface area contributed by atoms with E-state index in [9.17, 15) is 9.59 Å². The normalized spacial score (nSPS) is 19.0. The Morgan fingerprint density at radius 3 is 2.79 bits per heavy atom. The lowest BCUT2D eigenvalue weighted by Crippen LogP contribution is -2.34. The molecule has 148 valence electrons. The Morgan fingerprint density at radius 1 is 1.21 bits per heavy atom. The van der Waals surface area contributed by atoms with Gasteiger partial charge in [0.2, 0.25) is 5.91 Å². The number of nitrogens with two attached hydrogens (primary N) is 1. The molecule has 3 rings (SSSR count). The first-order chi connectivity index (χ1) is 13.5. The first-order valence-corrected chi connectivity index (χ1v) is 9.49. The summed E-state index contributed by atoms with van der Waals surface area (Å²) in [6.45, 7) is 1.92. The van der Waals surface area contributed by atoms with Gasteiger partial charge in [-0.1, -0.05) is 12.5 Å². The Labute approximate surface area is 164 Å². The molecule has 28 heavy (non-hydrogen) atoms. The summed E-state index contributed by atoms with van der Waals surface area (Å²) < 4.78 is 5.94. The maximum Gasteiger partial charge on any atom is 0.269 e. The van der Waals surface area contributed by atoms with Gasteiger partial charge in [0.1, 0.15) is 17.2 Å². The molecule has 1 heterocycles. The van der Waals surface area contributed by atoms with Gasteiger partial charge in [0.25, 0.3) is 5.91 Å². The molecular weight excluding hydrogens is 356 g/mol. The number of anilines is 1. The number of aryl methyl sites for hydroxylation is 1. The number of nitrogens with zero attached hydrogens (tertiary/aromatic N) is 1. The van der Waals surface area contributed by atoms with E-state index in [1.165, 1.54) is 6.20 Å². The Morgan fingerprint density at radius 2 is 2.04 bits per heavy atom. The molecule has 1 fully saturated rings. The molecule has 2 unspecified atom stereocenters. The highest BCUT2D eigenvalue weighted by Crippen LogP contribution is 2.29. The second-order valence-corrected chi connectivity index (χ2v) is 7.15. The minimum absolute atomic E-state index is 0.00392. The van der Waals surface area contributed by atoms with Crippen molar-refractivity contribution >= 4 is 17.5 Å². The topological polar surface area (TPSA) is 106 Å². The van der Waals surface area contributed by atoms with Gasteiger partial charge < -0.3 is 21.1 Å². The number of nitrogens with one attached hydrogen (secondary N) is 2. The molecule has 1 aromatic carbocycles. The van der Waals surface area contributed by atoms with Gasteiger partial charge in [0.15, 0.2) is 0 Å². The van der Waals surface area contributed by atoms with Crippen LogP contribution < -0.4 is 21.1 Å². The third kappa shape index (κ3) is 4.86. The Balaban J connectivity index is 1.73. The van der Waals surface area contributed by atoms with E-state index in [4.69, 9.17) is 10.5 Å². The van der Waals surface area contributed by atoms with E-state index in [-0.39, 0.29) is 29.5 Å². The summed E-state index contributed by atoms with van der Waals surface area (Å²) in [6.07, 6.45) is 5.08. The van der Waals surface area contributed by atoms with E-state index in [1.807, 2.05) is 19.1 Å². The van der Waals surface area contributed by atoms with Crippen molar-refractivity contribution < 1.29 is 14.3 Å². The fourth-order valence-corrected chi connectivity index (χ4v) is 3.35. The highest BCUT2D eigenvalue weighted by molar-refractivity contribution is 5.93. The number of hydrogen-bond acceptors (Lipinski definition) is 5. The molecule has 2 aromatic rings. The summed E-state index contributed by atoms with van der Waals surface area (Å²) in [5.74, 6) is 0.764. The maximum atomic E-state index is 12.6. The predicted octanol–water partition coefficient (Wildman–Crippen LogP) is 3.00. The van der Waals surface area contributed by atoms with Crippen LogP contribution in [0.3, 0.4) is 0 Å². The summed E-state index contributed by atoms with van der Waals surface area (Å²) >= 11 is 0. The van der Waals surface area contributed by atoms with Crippen molar-refractivity contribution in [2.75, 3.05) is 12.4 Å². The number of benzene rings is 1. The molecule has 1 aromatic heterocycles. The van der Waals surface area contributed by atoms with Gasteiger partial charge in [0, 0.05) is 43.0 Å². The van der Waals surface area contributed by atoms with E-state index >= 15 is 0 Å². The highest BCUT2D eigenvalue weighted by atomic mass is 16.5. The van der Waals surface area contributed by atoms with Crippen LogP contribution in [0.15, 0.2) is 36.5 Å². The Hall–Kier alpha value is -2.93. The van der Waals surface area contributed by atoms with Gasteiger partial charge in [-0.3, -0.25) is 14.6 Å². The van der Waals surface area contributed by atoms with Gasteiger partial charge in [0.05, 0.1) is 0 Å². The van der Waals surface area contributed by atoms with Crippen LogP contribution in [0.1, 0.15) is 41.7 Å². The molecule has 1 aliphatic carbocycles. The third-order valence-electron chi connectivity index (χ3n) is 4.96. The van der Waals surface area contributed by atoms with E-state index < -0.39 is 0 Å². The highest BCUT2D eigenvalue weighted by Gasteiger charge is 2.25. The molecule has 2 atom stereocenters. The summed E-state index contributed by atoms with van der Waals surface area (Å²) in [7, 11) is 1.55. The second kappa shape index (κ2) is 8.84. The Kier molecular flexibility index (Phi) is 6.26. The zero-order chi connectivity index (χ0) is 20.1. The molecule has 7 heteroatoms. The van der Waals surface area contributed by atoms with E-state index in [1.54, 1.807) is 25.2 Å². The number of carbonyl (C=O) groups is 2. The molecule has 1 saturated carbocycles. The summed E-state index contributed by atoms with van der Waals surface area (Å²) in [5.41, 5.74) is 7.85. The van der Waals surface area contributed by atoms with Crippen LogP contribution in [0.2, 0.25) is 0 Å². The first kappa shape index (κ1) is 19.8. The minimum Gasteiger partial charge on any atom is -0.457 e. The SMILES string of the molecule is CNC(=O)c1cc(Oc2cc(NC(=O)C3CCCC(N)C3)ccc2C)ccn1. The molecule has 0 radical (unpaired) electrons. The zero-order valence-electron chi connectivity index (χ0n) is 16.2. The van der Waals surface area contributed by atoms with Crippen LogP contribution in [0.25, 0.3) is 0 Å². The fourth-order valence-electron chi connectivity index (χ4n) is 3.35. The van der Waals surface area contributed by atoms with Gasteiger partial charge in [-0.05, 0) is 43.9 Å². The lowest BCUT2D eigenvalue weighted by atomic mass is 9.85. The van der Waals surface area contributed by atoms with Crippen LogP contribution in [0.5, 0.6) is 11.5 Å². The van der Waals surface area contributed by atoms with Crippen LogP contribution in [0, 0.1) is 12.8 Å². The van der Waals surface area contributed by atoms with Crippen molar-refractivity contribution in [2.45, 2.75) is 38.6 Å². The average molecular weight is 382 g/mol. The number of hydrogen-bond donors (Lipinski definition) is 3. The van der Waals surface area contributed by atoms with E-state index in [0.717, 1.165) is 31.2 Å². The van der Waals surface area contributed by atoms with Crippen molar-refractivity contribution in [3.63, 3.8) is 0 Å². The largest absolute Gasteiger partial charge is 0.457 e. The van der Waals surface area contributed by atoms with E-state index in [0.29, 0.717) is 17.2 Å². The quantitative estimate of drug-likeness (QED) is 0.737. The van der Waals surface area contributed by atoms with Crippen LogP contribution in [-0.2, 0) is 4.79 Å². The number of amides is 2. The van der Waals surface area contributed by atoms with Gasteiger partial charge >= 0.3 is 0 Å². The number of pyridine rings is 1. The lowest BCUT2D eigenvalue weighted by molar-refractivity contribution is -0.120. The number of aromatic nitrogens is 1. The van der Waals surface area contributed by atoms with Gasteiger partial charge in [-0.25, -0.2) is 0 Å². The van der Waals surface area contributed by atoms with Gasteiger partial charge in [-0.15, -0.1) is 0 Å². The monoisotopic (exact) mass is 382 g/mol. The van der Waals surface area contributed by atoms with Crippen molar-refractivity contribution in [1.82, 2.24) is 10.3 Å². The Bertz CT molecular complexity index is 868. The van der Waals surface area contributed by atoms with Crippen molar-refractivity contribution in [3.05, 3.63) is 47.8 Å². The van der Waals surface area contributed by atoms with Crippen LogP contribution in [0.4, 0.5) is 5.69 Å². The molecule has 0 spiro atoms. The lowest BCUT2D eigenvalue weighted by Gasteiger charge is -2.25. The molecule has 4 N–H and O–H groups in total. The molecule has 0 aliphatic heterocycles. The molecule has 0 bridgehead atoms. The summed E-state index contributed by atoms with van der Waals surface area (Å²) in [6, 6.07) is 8.88. The summed E-state index contributed by atoms with van der Waals surface area (Å²) in [5, 5.41) is 5.51. The average Bonchev–Trinajstić information content (AvgIpc) is 2.70. The van der Waals surface area contributed by atoms with Crippen molar-refractivity contribution in [1.29, 1.82) is 0 Å². The second-order valence-electron chi connectivity index (χ2n) is 7.15. The fraction of sp³-hybridized carbons (Fsp3) is 0.381. The number of carbonyl (C=O) groups excluding carboxylic acids is 2. The predicted molar refractivity (Wildman–Crippen MR) is 107 cm³/mol. The van der Waals surface area contributed by atoms with Crippen molar-refractivity contribution in [3.8, 4) is 11.5 Å². The summed E-state index contributed by atoms with van der Waals surface area (Å²) in [4.78, 5) is 28.3. The van der Waals surface area contributed by atoms with Crippen LogP contribution in [-0.4, -0.2) is 29.9 Å². The molecule has 1 aliphatic rings. The standard InChI is InChI=1S/C21H26N4O3/c1-13-6-7-16(25-20(26)14-4-3-5-15(22)10-14)11-19(13)28-17-8-9-24-18(12-17)21(27)23-2/h6-9,11-12,14-15H,3-5,10,22H2,1-2H3,(H,23,27)(H,25,26). The molecule has 2 amide bonds. The van der Waals surface area contributed by atoms with Crippen LogP contribution >= 0.6 is 0 Å². The molecular formula is C21H26N4O3. The molecule has 7 nitrogen and oxygen atoms in total.